The lowest BCUT2D eigenvalue weighted by molar-refractivity contribution is 0.589. The Morgan fingerprint density at radius 2 is 0.914 bits per heavy atom. The summed E-state index contributed by atoms with van der Waals surface area (Å²) >= 11 is 1.94. The smallest absolute Gasteiger partial charge is 0.249 e. The first kappa shape index (κ1) is 48.9. The molecule has 0 spiro atoms. The molecule has 2 heterocycles. The van der Waals surface area contributed by atoms with Gasteiger partial charge in [0, 0.05) is 38.2 Å². The maximum absolute atomic E-state index is 2.70. The van der Waals surface area contributed by atoms with Gasteiger partial charge in [-0.25, -0.2) is 0 Å². The quantitative estimate of drug-likeness (QED) is 0.110. The number of hydrogen-bond donors (Lipinski definition) is 0. The summed E-state index contributed by atoms with van der Waals surface area (Å²) in [7, 11) is 0. The van der Waals surface area contributed by atoms with Crippen LogP contribution in [-0.2, 0) is 5.41 Å². The van der Waals surface area contributed by atoms with Crippen LogP contribution in [0, 0.1) is 0 Å². The molecule has 0 amide bonds. The summed E-state index contributed by atoms with van der Waals surface area (Å²) in [5.41, 5.74) is 24.7. The Morgan fingerprint density at radius 1 is 0.407 bits per heavy atom. The zero-order chi connectivity index (χ0) is 54.2. The second-order valence-electron chi connectivity index (χ2n) is 23.1. The normalized spacial score (nSPS) is 14.2. The third kappa shape index (κ3) is 8.50. The van der Waals surface area contributed by atoms with Gasteiger partial charge in [-0.2, -0.15) is 0 Å². The summed E-state index contributed by atoms with van der Waals surface area (Å²) in [5.74, 6) is 0.248. The SMILES string of the molecule is CC(C)(C)c1cc2c3c(c1)N(c1c(-c4ccccc4)cc(C4C=CC=CC4)cc1-c1ccccc1)c1cc(-c4ccc5c(-c6ccccc6)c6ccccc6c(-c6ccccc6)c5c4)ccc1B3c1ccc(-c3ccccc3)cc1S2. The Bertz CT molecular complexity index is 4420. The monoisotopic (exact) mass is 1050 g/mol. The summed E-state index contributed by atoms with van der Waals surface area (Å²) in [4.78, 5) is 5.34. The van der Waals surface area contributed by atoms with Crippen molar-refractivity contribution in [3.8, 4) is 66.8 Å². The van der Waals surface area contributed by atoms with Crippen LogP contribution in [-0.4, -0.2) is 6.71 Å². The summed E-state index contributed by atoms with van der Waals surface area (Å²) in [6, 6.07) is 96.2. The first-order valence-electron chi connectivity index (χ1n) is 28.5. The molecule has 1 nitrogen and oxygen atoms in total. The molecule has 15 rings (SSSR count). The predicted octanol–water partition coefficient (Wildman–Crippen LogP) is 19.7. The van der Waals surface area contributed by atoms with E-state index in [2.05, 4.69) is 305 Å². The number of anilines is 3. The summed E-state index contributed by atoms with van der Waals surface area (Å²) < 4.78 is 0. The van der Waals surface area contributed by atoms with E-state index in [4.69, 9.17) is 0 Å². The van der Waals surface area contributed by atoms with Gasteiger partial charge in [0.05, 0.1) is 5.69 Å². The Balaban J connectivity index is 1.05. The van der Waals surface area contributed by atoms with Crippen molar-refractivity contribution >= 4 is 73.5 Å². The number of rotatable bonds is 8. The van der Waals surface area contributed by atoms with Crippen molar-refractivity contribution in [2.75, 3.05) is 4.90 Å². The third-order valence-electron chi connectivity index (χ3n) is 17.2. The van der Waals surface area contributed by atoms with E-state index in [1.807, 2.05) is 11.8 Å². The molecule has 3 heteroatoms. The summed E-state index contributed by atoms with van der Waals surface area (Å²) in [6.07, 6.45) is 10.1. The lowest BCUT2D eigenvalue weighted by Gasteiger charge is -2.43. The van der Waals surface area contributed by atoms with Gasteiger partial charge in [0.2, 0.25) is 6.71 Å². The van der Waals surface area contributed by atoms with Crippen LogP contribution < -0.4 is 21.3 Å². The molecule has 81 heavy (non-hydrogen) atoms. The first-order chi connectivity index (χ1) is 39.8. The highest BCUT2D eigenvalue weighted by atomic mass is 32.2. The fourth-order valence-corrected chi connectivity index (χ4v) is 14.5. The summed E-state index contributed by atoms with van der Waals surface area (Å²) in [5, 5.41) is 4.99. The van der Waals surface area contributed by atoms with Gasteiger partial charge in [-0.05, 0) is 154 Å². The fourth-order valence-electron chi connectivity index (χ4n) is 13.2. The molecule has 12 aromatic carbocycles. The van der Waals surface area contributed by atoms with Crippen LogP contribution in [0.15, 0.2) is 289 Å². The van der Waals surface area contributed by atoms with Crippen molar-refractivity contribution in [2.45, 2.75) is 48.3 Å². The molecule has 2 aliphatic heterocycles. The second-order valence-corrected chi connectivity index (χ2v) is 24.1. The zero-order valence-electron chi connectivity index (χ0n) is 45.8. The summed E-state index contributed by atoms with van der Waals surface area (Å²) in [6.45, 7) is 7.10. The maximum atomic E-state index is 2.70. The molecule has 0 N–H and O–H groups in total. The molecule has 0 saturated heterocycles. The van der Waals surface area contributed by atoms with Crippen molar-refractivity contribution in [1.29, 1.82) is 0 Å². The van der Waals surface area contributed by atoms with Gasteiger partial charge in [0.1, 0.15) is 0 Å². The average Bonchev–Trinajstić information content (AvgIpc) is 3.69. The molecular formula is C78H58BNS. The standard InChI is InChI=1S/C78H58BNS/c1-78(2,3)61-49-71-76-73(50-61)81-72-48-59(51-24-10-4-11-25-51)40-43-69(72)79(76)68-42-39-58(57-38-41-64-67(44-57)75(56-34-20-9-21-35-56)63-37-23-22-36-62(63)74(64)55-32-18-8-19-33-55)47-70(68)80(71)77-65(53-28-14-6-15-29-53)45-60(52-26-12-5-13-27-52)46-66(77)54-30-16-7-17-31-54/h4-26,28-50,52H,27H2,1-3H3. The molecule has 3 aliphatic rings. The highest BCUT2D eigenvalue weighted by Gasteiger charge is 2.43. The van der Waals surface area contributed by atoms with E-state index < -0.39 is 0 Å². The van der Waals surface area contributed by atoms with Crippen molar-refractivity contribution in [1.82, 2.24) is 0 Å². The highest BCUT2D eigenvalue weighted by Crippen LogP contribution is 2.53. The molecule has 0 aromatic heterocycles. The molecule has 384 valence electrons. The Kier molecular flexibility index (Phi) is 12.0. The topological polar surface area (TPSA) is 3.24 Å². The van der Waals surface area contributed by atoms with E-state index in [9.17, 15) is 0 Å². The predicted molar refractivity (Wildman–Crippen MR) is 348 cm³/mol. The number of nitrogens with zero attached hydrogens (tertiary/aromatic N) is 1. The molecule has 12 aromatic rings. The van der Waals surface area contributed by atoms with E-state index in [0.717, 1.165) is 6.42 Å². The van der Waals surface area contributed by atoms with Gasteiger partial charge in [-0.15, -0.1) is 0 Å². The maximum Gasteiger partial charge on any atom is 0.249 e. The van der Waals surface area contributed by atoms with E-state index in [1.165, 1.54) is 143 Å². The Hall–Kier alpha value is -9.15. The first-order valence-corrected chi connectivity index (χ1v) is 29.4. The van der Waals surface area contributed by atoms with Crippen molar-refractivity contribution in [2.24, 2.45) is 0 Å². The zero-order valence-corrected chi connectivity index (χ0v) is 46.6. The van der Waals surface area contributed by atoms with Crippen molar-refractivity contribution in [3.63, 3.8) is 0 Å². The van der Waals surface area contributed by atoms with Gasteiger partial charge < -0.3 is 4.90 Å². The molecule has 1 atom stereocenters. The number of allylic oxidation sites excluding steroid dienone is 4. The van der Waals surface area contributed by atoms with Crippen LogP contribution in [0.4, 0.5) is 17.1 Å². The van der Waals surface area contributed by atoms with Crippen molar-refractivity contribution in [3.05, 3.63) is 290 Å². The van der Waals surface area contributed by atoms with Crippen LogP contribution >= 0.6 is 11.8 Å². The number of benzene rings is 12. The Morgan fingerprint density at radius 3 is 1.49 bits per heavy atom. The second kappa shape index (κ2) is 19.9. The minimum absolute atomic E-state index is 0.00902. The lowest BCUT2D eigenvalue weighted by Crippen LogP contribution is -2.60. The molecule has 1 unspecified atom stereocenters. The van der Waals surface area contributed by atoms with Crippen LogP contribution in [0.5, 0.6) is 0 Å². The molecule has 0 saturated carbocycles. The average molecular weight is 1050 g/mol. The molecule has 0 bridgehead atoms. The van der Waals surface area contributed by atoms with Gasteiger partial charge in [0.25, 0.3) is 0 Å². The van der Waals surface area contributed by atoms with Crippen LogP contribution in [0.3, 0.4) is 0 Å². The fraction of sp³-hybridized carbons (Fsp3) is 0.0769. The molecule has 0 fully saturated rings. The van der Waals surface area contributed by atoms with Gasteiger partial charge in [-0.1, -0.05) is 275 Å². The Labute approximate surface area is 480 Å². The van der Waals surface area contributed by atoms with Gasteiger partial charge in [0.15, 0.2) is 0 Å². The van der Waals surface area contributed by atoms with Crippen LogP contribution in [0.2, 0.25) is 0 Å². The van der Waals surface area contributed by atoms with Gasteiger partial charge in [-0.3, -0.25) is 0 Å². The van der Waals surface area contributed by atoms with Crippen LogP contribution in [0.25, 0.3) is 88.3 Å². The van der Waals surface area contributed by atoms with E-state index in [-0.39, 0.29) is 18.0 Å². The molecule has 0 radical (unpaired) electrons. The van der Waals surface area contributed by atoms with Gasteiger partial charge >= 0.3 is 0 Å². The number of hydrogen-bond acceptors (Lipinski definition) is 2. The third-order valence-corrected chi connectivity index (χ3v) is 18.3. The molecular weight excluding hydrogens is 994 g/mol. The minimum atomic E-state index is -0.138. The number of fused-ring (bicyclic) bond motifs is 6. The highest BCUT2D eigenvalue weighted by molar-refractivity contribution is 8.00. The largest absolute Gasteiger partial charge is 0.310 e. The lowest BCUT2D eigenvalue weighted by atomic mass is 9.34. The van der Waals surface area contributed by atoms with E-state index >= 15 is 0 Å². The van der Waals surface area contributed by atoms with Crippen molar-refractivity contribution < 1.29 is 0 Å². The minimum Gasteiger partial charge on any atom is -0.310 e. The van der Waals surface area contributed by atoms with E-state index in [1.54, 1.807) is 0 Å². The van der Waals surface area contributed by atoms with E-state index in [0.29, 0.717) is 0 Å². The molecule has 1 aliphatic carbocycles. The van der Waals surface area contributed by atoms with Crippen LogP contribution in [0.1, 0.15) is 44.2 Å².